The maximum absolute atomic E-state index is 12.5. The van der Waals surface area contributed by atoms with E-state index in [0.717, 1.165) is 18.5 Å². The highest BCUT2D eigenvalue weighted by Crippen LogP contribution is 2.20. The third kappa shape index (κ3) is 3.87. The van der Waals surface area contributed by atoms with E-state index in [0.29, 0.717) is 23.6 Å². The molecule has 0 saturated carbocycles. The topological polar surface area (TPSA) is 58.4 Å². The largest absolute Gasteiger partial charge is 0.368 e. The molecule has 2 heterocycles. The normalized spacial score (nSPS) is 14.5. The van der Waals surface area contributed by atoms with Gasteiger partial charge in [0, 0.05) is 55.1 Å². The summed E-state index contributed by atoms with van der Waals surface area (Å²) in [5, 5.41) is 5.55. The number of carbonyl (C=O) groups excluding carboxylic acids is 2. The van der Waals surface area contributed by atoms with Crippen molar-refractivity contribution in [3.63, 3.8) is 0 Å². The number of hydrogen-bond acceptors (Lipinski definition) is 4. The molecule has 0 unspecified atom stereocenters. The molecule has 1 amide bonds. The fourth-order valence-corrected chi connectivity index (χ4v) is 3.69. The summed E-state index contributed by atoms with van der Waals surface area (Å²) < 4.78 is 1.34. The number of halogens is 1. The Balaban J connectivity index is 1.32. The third-order valence-corrected chi connectivity index (χ3v) is 5.31. The molecule has 0 radical (unpaired) electrons. The molecule has 1 saturated heterocycles. The SMILES string of the molecule is O=C(CCC(=O)n1ncc2ccc(Cl)cc21)N1CCN(c2ccccc2)CC1. The van der Waals surface area contributed by atoms with E-state index in [1.807, 2.05) is 29.2 Å². The van der Waals surface area contributed by atoms with Gasteiger partial charge in [-0.1, -0.05) is 29.8 Å². The van der Waals surface area contributed by atoms with Crippen molar-refractivity contribution in [2.75, 3.05) is 31.1 Å². The number of carbonyl (C=O) groups is 2. The highest BCUT2D eigenvalue weighted by Gasteiger charge is 2.22. The first-order valence-electron chi connectivity index (χ1n) is 9.36. The average Bonchev–Trinajstić information content (AvgIpc) is 3.15. The van der Waals surface area contributed by atoms with Gasteiger partial charge in [0.25, 0.3) is 0 Å². The van der Waals surface area contributed by atoms with Crippen LogP contribution in [0.2, 0.25) is 5.02 Å². The van der Waals surface area contributed by atoms with Crippen LogP contribution in [0.4, 0.5) is 5.69 Å². The Kier molecular flexibility index (Phi) is 5.30. The first-order chi connectivity index (χ1) is 13.6. The van der Waals surface area contributed by atoms with Gasteiger partial charge in [-0.25, -0.2) is 4.68 Å². The summed E-state index contributed by atoms with van der Waals surface area (Å²) in [6, 6.07) is 15.5. The highest BCUT2D eigenvalue weighted by atomic mass is 35.5. The maximum Gasteiger partial charge on any atom is 0.247 e. The number of rotatable bonds is 4. The summed E-state index contributed by atoms with van der Waals surface area (Å²) in [6.45, 7) is 2.93. The van der Waals surface area contributed by atoms with E-state index in [-0.39, 0.29) is 24.7 Å². The van der Waals surface area contributed by atoms with E-state index < -0.39 is 0 Å². The van der Waals surface area contributed by atoms with E-state index in [2.05, 4.69) is 22.1 Å². The summed E-state index contributed by atoms with van der Waals surface area (Å²) in [7, 11) is 0. The molecule has 1 aliphatic rings. The van der Waals surface area contributed by atoms with Crippen molar-refractivity contribution in [1.82, 2.24) is 14.7 Å². The van der Waals surface area contributed by atoms with E-state index >= 15 is 0 Å². The molecule has 7 heteroatoms. The van der Waals surface area contributed by atoms with Gasteiger partial charge in [0.15, 0.2) is 0 Å². The molecule has 2 aromatic carbocycles. The van der Waals surface area contributed by atoms with Crippen molar-refractivity contribution in [2.24, 2.45) is 0 Å². The Bertz CT molecular complexity index is 994. The van der Waals surface area contributed by atoms with Crippen LogP contribution in [0.5, 0.6) is 0 Å². The van der Waals surface area contributed by atoms with Gasteiger partial charge >= 0.3 is 0 Å². The Morgan fingerprint density at radius 1 is 0.929 bits per heavy atom. The molecule has 0 N–H and O–H groups in total. The number of aromatic nitrogens is 2. The van der Waals surface area contributed by atoms with Crippen molar-refractivity contribution >= 4 is 40.0 Å². The number of benzene rings is 2. The van der Waals surface area contributed by atoms with Gasteiger partial charge in [-0.2, -0.15) is 5.10 Å². The van der Waals surface area contributed by atoms with Crippen LogP contribution < -0.4 is 4.90 Å². The summed E-state index contributed by atoms with van der Waals surface area (Å²) in [4.78, 5) is 29.2. The molecule has 1 fully saturated rings. The second kappa shape index (κ2) is 8.02. The average molecular weight is 397 g/mol. The highest BCUT2D eigenvalue weighted by molar-refractivity contribution is 6.31. The van der Waals surface area contributed by atoms with Gasteiger partial charge in [0.1, 0.15) is 0 Å². The smallest absolute Gasteiger partial charge is 0.247 e. The van der Waals surface area contributed by atoms with Crippen LogP contribution in [0.3, 0.4) is 0 Å². The number of hydrogen-bond donors (Lipinski definition) is 0. The number of nitrogens with zero attached hydrogens (tertiary/aromatic N) is 4. The lowest BCUT2D eigenvalue weighted by Crippen LogP contribution is -2.48. The van der Waals surface area contributed by atoms with Gasteiger partial charge in [-0.3, -0.25) is 9.59 Å². The molecule has 28 heavy (non-hydrogen) atoms. The predicted molar refractivity (Wildman–Crippen MR) is 110 cm³/mol. The fourth-order valence-electron chi connectivity index (χ4n) is 3.52. The minimum atomic E-state index is -0.200. The number of anilines is 1. The Morgan fingerprint density at radius 2 is 1.64 bits per heavy atom. The van der Waals surface area contributed by atoms with Crippen molar-refractivity contribution in [3.8, 4) is 0 Å². The van der Waals surface area contributed by atoms with Crippen LogP contribution in [0.25, 0.3) is 10.9 Å². The second-order valence-corrected chi connectivity index (χ2v) is 7.29. The lowest BCUT2D eigenvalue weighted by atomic mass is 10.2. The van der Waals surface area contributed by atoms with Crippen LogP contribution in [0, 0.1) is 0 Å². The second-order valence-electron chi connectivity index (χ2n) is 6.86. The van der Waals surface area contributed by atoms with Crippen molar-refractivity contribution in [3.05, 3.63) is 59.8 Å². The van der Waals surface area contributed by atoms with E-state index in [1.165, 1.54) is 10.4 Å². The zero-order valence-corrected chi connectivity index (χ0v) is 16.2. The molecular weight excluding hydrogens is 376 g/mol. The molecule has 1 aromatic heterocycles. The van der Waals surface area contributed by atoms with Crippen molar-refractivity contribution < 1.29 is 9.59 Å². The number of amides is 1. The van der Waals surface area contributed by atoms with Gasteiger partial charge < -0.3 is 9.80 Å². The number of fused-ring (bicyclic) bond motifs is 1. The Labute approximate surface area is 168 Å². The predicted octanol–water partition coefficient (Wildman–Crippen LogP) is 3.46. The van der Waals surface area contributed by atoms with E-state index in [4.69, 9.17) is 11.6 Å². The summed E-state index contributed by atoms with van der Waals surface area (Å²) >= 11 is 6.02. The molecular formula is C21H21ClN4O2. The molecule has 0 aliphatic carbocycles. The molecule has 3 aromatic rings. The van der Waals surface area contributed by atoms with Crippen LogP contribution in [0.15, 0.2) is 54.7 Å². The summed E-state index contributed by atoms with van der Waals surface area (Å²) in [6.07, 6.45) is 1.95. The van der Waals surface area contributed by atoms with Crippen LogP contribution in [-0.2, 0) is 4.79 Å². The van der Waals surface area contributed by atoms with Crippen molar-refractivity contribution in [2.45, 2.75) is 12.8 Å². The lowest BCUT2D eigenvalue weighted by molar-refractivity contribution is -0.131. The Morgan fingerprint density at radius 3 is 2.39 bits per heavy atom. The van der Waals surface area contributed by atoms with Crippen LogP contribution in [0.1, 0.15) is 17.6 Å². The quantitative estimate of drug-likeness (QED) is 0.677. The minimum Gasteiger partial charge on any atom is -0.368 e. The molecule has 0 spiro atoms. The monoisotopic (exact) mass is 396 g/mol. The molecule has 4 rings (SSSR count). The molecule has 0 atom stereocenters. The molecule has 144 valence electrons. The standard InChI is InChI=1S/C21H21ClN4O2/c22-17-7-6-16-15-23-26(19(16)14-17)21(28)9-8-20(27)25-12-10-24(11-13-25)18-4-2-1-3-5-18/h1-7,14-15H,8-13H2. The van der Waals surface area contributed by atoms with Gasteiger partial charge in [-0.05, 0) is 30.3 Å². The third-order valence-electron chi connectivity index (χ3n) is 5.08. The van der Waals surface area contributed by atoms with E-state index in [1.54, 1.807) is 18.3 Å². The summed E-state index contributed by atoms with van der Waals surface area (Å²) in [5.41, 5.74) is 1.84. The lowest BCUT2D eigenvalue weighted by Gasteiger charge is -2.36. The first-order valence-corrected chi connectivity index (χ1v) is 9.74. The van der Waals surface area contributed by atoms with Crippen LogP contribution in [-0.4, -0.2) is 52.7 Å². The van der Waals surface area contributed by atoms with Gasteiger partial charge in [0.05, 0.1) is 11.7 Å². The molecule has 0 bridgehead atoms. The van der Waals surface area contributed by atoms with Crippen molar-refractivity contribution in [1.29, 1.82) is 0 Å². The molecule has 6 nitrogen and oxygen atoms in total. The number of piperazine rings is 1. The van der Waals surface area contributed by atoms with Gasteiger partial charge in [-0.15, -0.1) is 0 Å². The maximum atomic E-state index is 12.5. The zero-order chi connectivity index (χ0) is 19.5. The first kappa shape index (κ1) is 18.5. The summed E-state index contributed by atoms with van der Waals surface area (Å²) in [5.74, 6) is -0.191. The fraction of sp³-hybridized carbons (Fsp3) is 0.286. The minimum absolute atomic E-state index is 0.00977. The Hall–Kier alpha value is -2.86. The van der Waals surface area contributed by atoms with Gasteiger partial charge in [0.2, 0.25) is 11.8 Å². The molecule has 1 aliphatic heterocycles. The van der Waals surface area contributed by atoms with E-state index in [9.17, 15) is 9.59 Å². The van der Waals surface area contributed by atoms with Crippen LogP contribution >= 0.6 is 11.6 Å². The zero-order valence-electron chi connectivity index (χ0n) is 15.4. The number of para-hydroxylation sites is 1.